The molecule has 2 nitrogen and oxygen atoms in total. The van der Waals surface area contributed by atoms with Crippen LogP contribution in [-0.2, 0) is 4.79 Å². The summed E-state index contributed by atoms with van der Waals surface area (Å²) in [6, 6.07) is 6.43. The van der Waals surface area contributed by atoms with Crippen LogP contribution in [0.15, 0.2) is 36.9 Å². The summed E-state index contributed by atoms with van der Waals surface area (Å²) in [4.78, 5) is 11.8. The maximum Gasteiger partial charge on any atom is 0.220 e. The lowest BCUT2D eigenvalue weighted by atomic mass is 9.87. The summed E-state index contributed by atoms with van der Waals surface area (Å²) < 4.78 is 13.0. The topological polar surface area (TPSA) is 29.1 Å². The fourth-order valence-corrected chi connectivity index (χ4v) is 2.12. The summed E-state index contributed by atoms with van der Waals surface area (Å²) >= 11 is 0. The minimum atomic E-state index is -0.247. The normalized spacial score (nSPS) is 12.2. The molecule has 19 heavy (non-hydrogen) atoms. The molecule has 0 saturated heterocycles. The van der Waals surface area contributed by atoms with Gasteiger partial charge in [-0.25, -0.2) is 4.39 Å². The second-order valence-corrected chi connectivity index (χ2v) is 5.17. The molecule has 0 aliphatic heterocycles. The van der Waals surface area contributed by atoms with Crippen molar-refractivity contribution in [2.75, 3.05) is 6.54 Å². The van der Waals surface area contributed by atoms with Crippen LogP contribution >= 0.6 is 0 Å². The van der Waals surface area contributed by atoms with Crippen molar-refractivity contribution in [3.8, 4) is 0 Å². The maximum absolute atomic E-state index is 13.0. The molecule has 104 valence electrons. The molecule has 1 N–H and O–H groups in total. The van der Waals surface area contributed by atoms with E-state index in [1.54, 1.807) is 18.2 Å². The van der Waals surface area contributed by atoms with E-state index in [-0.39, 0.29) is 17.6 Å². The third kappa shape index (κ3) is 5.69. The molecule has 0 heterocycles. The van der Waals surface area contributed by atoms with E-state index in [0.29, 0.717) is 18.9 Å². The van der Waals surface area contributed by atoms with E-state index in [1.165, 1.54) is 12.1 Å². The van der Waals surface area contributed by atoms with Gasteiger partial charge in [0.05, 0.1) is 0 Å². The van der Waals surface area contributed by atoms with Gasteiger partial charge in [-0.15, -0.1) is 6.58 Å². The van der Waals surface area contributed by atoms with Crippen molar-refractivity contribution in [2.45, 2.75) is 32.6 Å². The molecule has 0 fully saturated rings. The predicted octanol–water partition coefficient (Wildman–Crippen LogP) is 3.65. The van der Waals surface area contributed by atoms with Gasteiger partial charge in [-0.2, -0.15) is 0 Å². The second-order valence-electron chi connectivity index (χ2n) is 5.17. The highest BCUT2D eigenvalue weighted by atomic mass is 19.1. The van der Waals surface area contributed by atoms with Crippen LogP contribution in [0.4, 0.5) is 4.39 Å². The van der Waals surface area contributed by atoms with Gasteiger partial charge < -0.3 is 5.32 Å². The van der Waals surface area contributed by atoms with E-state index < -0.39 is 0 Å². The molecule has 1 aromatic rings. The Bertz CT molecular complexity index is 411. The number of rotatable bonds is 7. The van der Waals surface area contributed by atoms with Crippen molar-refractivity contribution in [3.05, 3.63) is 48.3 Å². The van der Waals surface area contributed by atoms with E-state index in [0.717, 1.165) is 12.0 Å². The highest BCUT2D eigenvalue weighted by Gasteiger charge is 2.17. The zero-order chi connectivity index (χ0) is 14.3. The Morgan fingerprint density at radius 1 is 1.37 bits per heavy atom. The van der Waals surface area contributed by atoms with Crippen LogP contribution in [0, 0.1) is 11.7 Å². The van der Waals surface area contributed by atoms with E-state index in [4.69, 9.17) is 0 Å². The molecule has 0 spiro atoms. The van der Waals surface area contributed by atoms with Crippen molar-refractivity contribution in [1.82, 2.24) is 5.32 Å². The molecule has 3 heteroatoms. The third-order valence-electron chi connectivity index (χ3n) is 2.97. The van der Waals surface area contributed by atoms with Crippen molar-refractivity contribution >= 4 is 5.91 Å². The molecule has 1 amide bonds. The summed E-state index contributed by atoms with van der Waals surface area (Å²) in [5, 5.41) is 2.79. The van der Waals surface area contributed by atoms with Gasteiger partial charge in [0.1, 0.15) is 5.82 Å². The van der Waals surface area contributed by atoms with Crippen molar-refractivity contribution in [3.63, 3.8) is 0 Å². The minimum absolute atomic E-state index is 0.00914. The Hall–Kier alpha value is -1.64. The van der Waals surface area contributed by atoms with Gasteiger partial charge in [-0.05, 0) is 36.0 Å². The number of carbonyl (C=O) groups excluding carboxylic acids is 1. The van der Waals surface area contributed by atoms with Crippen LogP contribution in [0.5, 0.6) is 0 Å². The van der Waals surface area contributed by atoms with Gasteiger partial charge in [0.15, 0.2) is 0 Å². The number of nitrogens with one attached hydrogen (secondary N) is 1. The fourth-order valence-electron chi connectivity index (χ4n) is 2.12. The smallest absolute Gasteiger partial charge is 0.220 e. The summed E-state index contributed by atoms with van der Waals surface area (Å²) in [5.74, 6) is 0.380. The van der Waals surface area contributed by atoms with Crippen LogP contribution in [0.1, 0.15) is 38.2 Å². The molecule has 1 aromatic carbocycles. The summed E-state index contributed by atoms with van der Waals surface area (Å²) in [5.41, 5.74) is 1.02. The molecule has 0 saturated carbocycles. The largest absolute Gasteiger partial charge is 0.353 e. The molecule has 0 radical (unpaired) electrons. The van der Waals surface area contributed by atoms with Crippen LogP contribution in [0.25, 0.3) is 0 Å². The molecular weight excluding hydrogens is 241 g/mol. The molecule has 1 atom stereocenters. The van der Waals surface area contributed by atoms with E-state index >= 15 is 0 Å². The molecule has 0 aliphatic rings. The lowest BCUT2D eigenvalue weighted by Gasteiger charge is -2.19. The first-order valence-corrected chi connectivity index (χ1v) is 6.66. The number of hydrogen-bond acceptors (Lipinski definition) is 1. The monoisotopic (exact) mass is 263 g/mol. The van der Waals surface area contributed by atoms with Gasteiger partial charge in [0.2, 0.25) is 5.91 Å². The Labute approximate surface area is 114 Å². The van der Waals surface area contributed by atoms with Gasteiger partial charge in [0.25, 0.3) is 0 Å². The van der Waals surface area contributed by atoms with Crippen molar-refractivity contribution < 1.29 is 9.18 Å². The average molecular weight is 263 g/mol. The molecule has 0 aliphatic carbocycles. The number of carbonyl (C=O) groups is 1. The standard InChI is InChI=1S/C16H22FNO/c1-4-9-18-16(19)11-14(10-12(2)3)13-5-7-15(17)8-6-13/h4-8,12,14H,1,9-11H2,2-3H3,(H,18,19). The van der Waals surface area contributed by atoms with Gasteiger partial charge >= 0.3 is 0 Å². The van der Waals surface area contributed by atoms with Crippen molar-refractivity contribution in [2.24, 2.45) is 5.92 Å². The van der Waals surface area contributed by atoms with Crippen LogP contribution < -0.4 is 5.32 Å². The van der Waals surface area contributed by atoms with Gasteiger partial charge in [-0.3, -0.25) is 4.79 Å². The van der Waals surface area contributed by atoms with Crippen LogP contribution in [0.2, 0.25) is 0 Å². The van der Waals surface area contributed by atoms with Crippen LogP contribution in [0.3, 0.4) is 0 Å². The Morgan fingerprint density at radius 3 is 2.53 bits per heavy atom. The maximum atomic E-state index is 13.0. The minimum Gasteiger partial charge on any atom is -0.353 e. The van der Waals surface area contributed by atoms with Crippen molar-refractivity contribution in [1.29, 1.82) is 0 Å². The second kappa shape index (κ2) is 7.72. The third-order valence-corrected chi connectivity index (χ3v) is 2.97. The Kier molecular flexibility index (Phi) is 6.26. The fraction of sp³-hybridized carbons (Fsp3) is 0.438. The zero-order valence-electron chi connectivity index (χ0n) is 11.7. The van der Waals surface area contributed by atoms with Gasteiger partial charge in [-0.1, -0.05) is 32.1 Å². The first kappa shape index (κ1) is 15.4. The lowest BCUT2D eigenvalue weighted by Crippen LogP contribution is -2.25. The lowest BCUT2D eigenvalue weighted by molar-refractivity contribution is -0.121. The van der Waals surface area contributed by atoms with Gasteiger partial charge in [0, 0.05) is 13.0 Å². The SMILES string of the molecule is C=CCNC(=O)CC(CC(C)C)c1ccc(F)cc1. The number of amides is 1. The number of halogens is 1. The molecule has 1 unspecified atom stereocenters. The predicted molar refractivity (Wildman–Crippen MR) is 76.4 cm³/mol. The molecule has 1 rings (SSSR count). The van der Waals surface area contributed by atoms with Crippen LogP contribution in [-0.4, -0.2) is 12.5 Å². The quantitative estimate of drug-likeness (QED) is 0.747. The number of benzene rings is 1. The summed E-state index contributed by atoms with van der Waals surface area (Å²) in [6.45, 7) is 8.30. The number of hydrogen-bond donors (Lipinski definition) is 1. The van der Waals surface area contributed by atoms with E-state index in [1.807, 2.05) is 0 Å². The van der Waals surface area contributed by atoms with E-state index in [2.05, 4.69) is 25.7 Å². The van der Waals surface area contributed by atoms with E-state index in [9.17, 15) is 9.18 Å². The molecule has 0 aromatic heterocycles. The first-order chi connectivity index (χ1) is 9.02. The first-order valence-electron chi connectivity index (χ1n) is 6.66. The highest BCUT2D eigenvalue weighted by molar-refractivity contribution is 5.77. The zero-order valence-corrected chi connectivity index (χ0v) is 11.7. The molecule has 0 bridgehead atoms. The Balaban J connectivity index is 2.73. The highest BCUT2D eigenvalue weighted by Crippen LogP contribution is 2.27. The summed E-state index contributed by atoms with van der Waals surface area (Å²) in [7, 11) is 0. The Morgan fingerprint density at radius 2 is 2.00 bits per heavy atom. The average Bonchev–Trinajstić information content (AvgIpc) is 2.36. The summed E-state index contributed by atoms with van der Waals surface area (Å²) in [6.07, 6.45) is 3.00. The molecular formula is C16H22FNO.